The zero-order chi connectivity index (χ0) is 25.5. The lowest BCUT2D eigenvalue weighted by Crippen LogP contribution is -2.30. The van der Waals surface area contributed by atoms with Gasteiger partial charge in [0.15, 0.2) is 18.1 Å². The van der Waals surface area contributed by atoms with Crippen molar-refractivity contribution in [1.82, 2.24) is 10.3 Å². The second kappa shape index (κ2) is 11.3. The molecule has 0 fully saturated rings. The molecule has 0 aliphatic rings. The molecule has 0 saturated heterocycles. The minimum absolute atomic E-state index is 0.276. The molecule has 8 heteroatoms. The molecular weight excluding hydrogens is 463 g/mol. The average molecular weight is 489 g/mol. The molecule has 0 unspecified atom stereocenters. The highest BCUT2D eigenvalue weighted by molar-refractivity contribution is 6.05. The van der Waals surface area contributed by atoms with E-state index >= 15 is 0 Å². The van der Waals surface area contributed by atoms with Gasteiger partial charge < -0.3 is 19.5 Å². The Hall–Kier alpha value is -4.46. The Labute approximate surface area is 207 Å². The molecule has 4 aromatic rings. The SMILES string of the molecule is COc1ccc(CCNC(=O)COC(=O)c2cc(-c3ccc(F)cc3)nc3ccccc23)cc1OC. The molecule has 7 nitrogen and oxygen atoms in total. The molecule has 184 valence electrons. The van der Waals surface area contributed by atoms with Crippen LogP contribution in [0.25, 0.3) is 22.2 Å². The van der Waals surface area contributed by atoms with Gasteiger partial charge in [-0.1, -0.05) is 24.3 Å². The van der Waals surface area contributed by atoms with Crippen molar-refractivity contribution in [1.29, 1.82) is 0 Å². The largest absolute Gasteiger partial charge is 0.493 e. The van der Waals surface area contributed by atoms with Crippen LogP contribution in [-0.4, -0.2) is 44.2 Å². The minimum Gasteiger partial charge on any atom is -0.493 e. The van der Waals surface area contributed by atoms with Crippen molar-refractivity contribution in [3.8, 4) is 22.8 Å². The Bertz CT molecular complexity index is 1390. The third-order valence-corrected chi connectivity index (χ3v) is 5.59. The summed E-state index contributed by atoms with van der Waals surface area (Å²) in [6, 6.07) is 20.1. The number of amides is 1. The van der Waals surface area contributed by atoms with Crippen LogP contribution in [-0.2, 0) is 16.0 Å². The normalized spacial score (nSPS) is 10.6. The van der Waals surface area contributed by atoms with E-state index in [1.807, 2.05) is 18.2 Å². The molecule has 1 amide bonds. The number of hydrogen-bond acceptors (Lipinski definition) is 6. The van der Waals surface area contributed by atoms with Crippen LogP contribution in [0.15, 0.2) is 72.8 Å². The lowest BCUT2D eigenvalue weighted by molar-refractivity contribution is -0.124. The quantitative estimate of drug-likeness (QED) is 0.347. The smallest absolute Gasteiger partial charge is 0.339 e. The van der Waals surface area contributed by atoms with Gasteiger partial charge in [0.2, 0.25) is 0 Å². The topological polar surface area (TPSA) is 86.8 Å². The number of aromatic nitrogens is 1. The van der Waals surface area contributed by atoms with Crippen molar-refractivity contribution in [2.24, 2.45) is 0 Å². The second-order valence-corrected chi connectivity index (χ2v) is 7.94. The lowest BCUT2D eigenvalue weighted by atomic mass is 10.0. The van der Waals surface area contributed by atoms with Crippen LogP contribution < -0.4 is 14.8 Å². The van der Waals surface area contributed by atoms with Gasteiger partial charge in [-0.2, -0.15) is 0 Å². The number of fused-ring (bicyclic) bond motifs is 1. The molecule has 0 radical (unpaired) electrons. The maximum atomic E-state index is 13.3. The molecule has 0 saturated carbocycles. The summed E-state index contributed by atoms with van der Waals surface area (Å²) in [6.07, 6.45) is 0.566. The Morgan fingerprint density at radius 1 is 0.917 bits per heavy atom. The summed E-state index contributed by atoms with van der Waals surface area (Å²) in [5, 5.41) is 3.35. The van der Waals surface area contributed by atoms with Crippen LogP contribution in [0.4, 0.5) is 4.39 Å². The average Bonchev–Trinajstić information content (AvgIpc) is 2.91. The second-order valence-electron chi connectivity index (χ2n) is 7.94. The standard InChI is InChI=1S/C28H25FN2O5/c1-34-25-12-7-18(15-26(25)35-2)13-14-30-27(32)17-36-28(33)22-16-24(19-8-10-20(29)11-9-19)31-23-6-4-3-5-21(22)23/h3-12,15-16H,13-14,17H2,1-2H3,(H,30,32). The van der Waals surface area contributed by atoms with Crippen molar-refractivity contribution in [3.05, 3.63) is 89.7 Å². The number of halogens is 1. The lowest BCUT2D eigenvalue weighted by Gasteiger charge is -2.11. The highest BCUT2D eigenvalue weighted by Crippen LogP contribution is 2.28. The van der Waals surface area contributed by atoms with Crippen LogP contribution >= 0.6 is 0 Å². The van der Waals surface area contributed by atoms with E-state index in [0.717, 1.165) is 5.56 Å². The van der Waals surface area contributed by atoms with Gasteiger partial charge in [-0.05, 0) is 60.5 Å². The molecular formula is C28H25FN2O5. The minimum atomic E-state index is -0.646. The van der Waals surface area contributed by atoms with E-state index in [-0.39, 0.29) is 11.4 Å². The molecule has 0 bridgehead atoms. The zero-order valence-corrected chi connectivity index (χ0v) is 19.9. The van der Waals surface area contributed by atoms with Crippen LogP contribution in [0.5, 0.6) is 11.5 Å². The number of para-hydroxylation sites is 1. The highest BCUT2D eigenvalue weighted by atomic mass is 19.1. The van der Waals surface area contributed by atoms with Crippen molar-refractivity contribution < 1.29 is 28.2 Å². The fourth-order valence-electron chi connectivity index (χ4n) is 3.76. The van der Waals surface area contributed by atoms with Gasteiger partial charge in [-0.3, -0.25) is 4.79 Å². The summed E-state index contributed by atoms with van der Waals surface area (Å²) in [5.41, 5.74) is 2.98. The Morgan fingerprint density at radius 3 is 2.42 bits per heavy atom. The third-order valence-electron chi connectivity index (χ3n) is 5.59. The molecule has 1 N–H and O–H groups in total. The fourth-order valence-corrected chi connectivity index (χ4v) is 3.76. The number of esters is 1. The Morgan fingerprint density at radius 2 is 1.67 bits per heavy atom. The number of pyridine rings is 1. The molecule has 0 spiro atoms. The number of carbonyl (C=O) groups is 2. The Kier molecular flexibility index (Phi) is 7.75. The van der Waals surface area contributed by atoms with E-state index in [1.54, 1.807) is 56.7 Å². The number of nitrogens with one attached hydrogen (secondary N) is 1. The molecule has 1 heterocycles. The van der Waals surface area contributed by atoms with Crippen LogP contribution in [0.1, 0.15) is 15.9 Å². The van der Waals surface area contributed by atoms with E-state index in [4.69, 9.17) is 14.2 Å². The molecule has 0 aliphatic heterocycles. The van der Waals surface area contributed by atoms with E-state index in [0.29, 0.717) is 46.6 Å². The number of hydrogen-bond donors (Lipinski definition) is 1. The van der Waals surface area contributed by atoms with Gasteiger partial charge in [0.05, 0.1) is 31.0 Å². The monoisotopic (exact) mass is 488 g/mol. The fraction of sp³-hybridized carbons (Fsp3) is 0.179. The van der Waals surface area contributed by atoms with Crippen molar-refractivity contribution >= 4 is 22.8 Å². The number of nitrogens with zero attached hydrogens (tertiary/aromatic N) is 1. The summed E-state index contributed by atoms with van der Waals surface area (Å²) in [5.74, 6) is -0.187. The maximum Gasteiger partial charge on any atom is 0.339 e. The summed E-state index contributed by atoms with van der Waals surface area (Å²) in [7, 11) is 3.13. The van der Waals surface area contributed by atoms with Gasteiger partial charge in [0.1, 0.15) is 5.82 Å². The number of carbonyl (C=O) groups excluding carboxylic acids is 2. The first-order chi connectivity index (χ1) is 17.5. The Balaban J connectivity index is 1.40. The first-order valence-corrected chi connectivity index (χ1v) is 11.3. The van der Waals surface area contributed by atoms with Crippen LogP contribution in [0.3, 0.4) is 0 Å². The zero-order valence-electron chi connectivity index (χ0n) is 19.9. The third kappa shape index (κ3) is 5.78. The number of ether oxygens (including phenoxy) is 3. The van der Waals surface area contributed by atoms with Gasteiger partial charge >= 0.3 is 5.97 Å². The number of benzene rings is 3. The predicted molar refractivity (Wildman–Crippen MR) is 134 cm³/mol. The number of rotatable bonds is 9. The first-order valence-electron chi connectivity index (χ1n) is 11.3. The summed E-state index contributed by atoms with van der Waals surface area (Å²) in [6.45, 7) is -0.0634. The van der Waals surface area contributed by atoms with E-state index in [9.17, 15) is 14.0 Å². The number of methoxy groups -OCH3 is 2. The van der Waals surface area contributed by atoms with E-state index in [2.05, 4.69) is 10.3 Å². The van der Waals surface area contributed by atoms with Gasteiger partial charge in [-0.25, -0.2) is 14.2 Å². The summed E-state index contributed by atoms with van der Waals surface area (Å²) in [4.78, 5) is 29.8. The van der Waals surface area contributed by atoms with Crippen molar-refractivity contribution in [3.63, 3.8) is 0 Å². The van der Waals surface area contributed by atoms with Crippen molar-refractivity contribution in [2.45, 2.75) is 6.42 Å². The first kappa shape index (κ1) is 24.7. The van der Waals surface area contributed by atoms with Crippen LogP contribution in [0.2, 0.25) is 0 Å². The molecule has 0 atom stereocenters. The molecule has 0 aliphatic carbocycles. The van der Waals surface area contributed by atoms with Crippen molar-refractivity contribution in [2.75, 3.05) is 27.4 Å². The maximum absolute atomic E-state index is 13.3. The van der Waals surface area contributed by atoms with E-state index < -0.39 is 18.5 Å². The van der Waals surface area contributed by atoms with Crippen LogP contribution in [0, 0.1) is 5.82 Å². The van der Waals surface area contributed by atoms with Gasteiger partial charge in [0.25, 0.3) is 5.91 Å². The molecule has 36 heavy (non-hydrogen) atoms. The molecule has 3 aromatic carbocycles. The molecule has 4 rings (SSSR count). The predicted octanol–water partition coefficient (Wildman–Crippen LogP) is 4.57. The van der Waals surface area contributed by atoms with Gasteiger partial charge in [0, 0.05) is 17.5 Å². The molecule has 1 aromatic heterocycles. The van der Waals surface area contributed by atoms with E-state index in [1.165, 1.54) is 12.1 Å². The summed E-state index contributed by atoms with van der Waals surface area (Å²) < 4.78 is 29.2. The summed E-state index contributed by atoms with van der Waals surface area (Å²) >= 11 is 0. The van der Waals surface area contributed by atoms with Gasteiger partial charge in [-0.15, -0.1) is 0 Å². The highest BCUT2D eigenvalue weighted by Gasteiger charge is 2.17.